The van der Waals surface area contributed by atoms with E-state index in [1.165, 1.54) is 41.5 Å². The second-order valence-corrected chi connectivity index (χ2v) is 14.3. The molecule has 4 heterocycles. The van der Waals surface area contributed by atoms with Gasteiger partial charge in [0.15, 0.2) is 0 Å². The van der Waals surface area contributed by atoms with Gasteiger partial charge in [-0.2, -0.15) is 0 Å². The first kappa shape index (κ1) is 41.6. The van der Waals surface area contributed by atoms with Gasteiger partial charge in [0.05, 0.1) is 20.6 Å². The van der Waals surface area contributed by atoms with Crippen LogP contribution in [0.4, 0.5) is 23.0 Å². The zero-order valence-electron chi connectivity index (χ0n) is 31.4. The summed E-state index contributed by atoms with van der Waals surface area (Å²) in [6.07, 6.45) is 3.74. The molecule has 59 heavy (non-hydrogen) atoms. The molecule has 8 aromatic rings. The number of nitrogens with one attached hydrogen (secondary N) is 3. The molecule has 4 aromatic heterocycles. The lowest BCUT2D eigenvalue weighted by atomic mass is 10.1. The molecule has 0 bridgehead atoms. The van der Waals surface area contributed by atoms with Crippen molar-refractivity contribution in [2.45, 2.75) is 6.54 Å². The third-order valence-electron chi connectivity index (χ3n) is 8.61. The van der Waals surface area contributed by atoms with Crippen LogP contribution in [0, 0.1) is 20.2 Å². The highest BCUT2D eigenvalue weighted by Gasteiger charge is 2.14. The lowest BCUT2D eigenvalue weighted by Crippen LogP contribution is -2.22. The molecule has 0 radical (unpaired) electrons. The standard InChI is InChI=1S/C21H19N5O2S.C14H14N4S.C7H5NO3/c27-26(28)17-8-4-5-15(11-17)12-22-9-10-23-20-19-18(16-6-2-1-3-7-16)13-29-21(19)25-14-24-20;15-6-7-16-13-12-11(10-4-2-1-3-5-10)8-19-14(12)18-9-17-13;9-5-6-2-1-3-7(4-6)8(10)11/h1-8,11,13-14,22H,9-10,12H2,(H,23,24,25);1-5,8-9H,6-7,15H2,(H,16,17,18);1-5H. The molecule has 0 saturated heterocycles. The number of fused-ring (bicyclic) bond motifs is 2. The highest BCUT2D eigenvalue weighted by molar-refractivity contribution is 7.17. The Hall–Kier alpha value is -7.05. The maximum atomic E-state index is 10.9. The first-order valence-electron chi connectivity index (χ1n) is 18.2. The molecule has 298 valence electrons. The zero-order valence-corrected chi connectivity index (χ0v) is 33.1. The van der Waals surface area contributed by atoms with E-state index in [0.29, 0.717) is 44.6 Å². The third-order valence-corrected chi connectivity index (χ3v) is 10.4. The van der Waals surface area contributed by atoms with Crippen LogP contribution in [0.25, 0.3) is 42.7 Å². The Kier molecular flexibility index (Phi) is 14.7. The van der Waals surface area contributed by atoms with Crippen LogP contribution in [0.1, 0.15) is 15.9 Å². The maximum absolute atomic E-state index is 10.9. The second-order valence-electron chi connectivity index (χ2n) is 12.6. The number of carbonyl (C=O) groups is 1. The van der Waals surface area contributed by atoms with E-state index in [0.717, 1.165) is 48.8 Å². The molecule has 0 aliphatic carbocycles. The van der Waals surface area contributed by atoms with Crippen molar-refractivity contribution in [1.82, 2.24) is 25.3 Å². The normalized spacial score (nSPS) is 10.5. The topological polar surface area (TPSA) is 217 Å². The van der Waals surface area contributed by atoms with Crippen LogP contribution < -0.4 is 21.7 Å². The summed E-state index contributed by atoms with van der Waals surface area (Å²) in [5.74, 6) is 1.67. The van der Waals surface area contributed by atoms with Crippen molar-refractivity contribution in [2.75, 3.05) is 36.8 Å². The van der Waals surface area contributed by atoms with Crippen molar-refractivity contribution in [2.24, 2.45) is 5.73 Å². The number of non-ortho nitro benzene ring substituents is 2. The molecule has 0 aliphatic rings. The summed E-state index contributed by atoms with van der Waals surface area (Å²) in [6, 6.07) is 32.7. The number of nitrogens with two attached hydrogens (primary N) is 1. The molecule has 0 amide bonds. The number of carbonyl (C=O) groups excluding carboxylic acids is 1. The molecule has 8 rings (SSSR count). The molecule has 0 atom stereocenters. The lowest BCUT2D eigenvalue weighted by molar-refractivity contribution is -0.385. The van der Waals surface area contributed by atoms with Crippen LogP contribution in [0.5, 0.6) is 0 Å². The number of benzene rings is 4. The van der Waals surface area contributed by atoms with Gasteiger partial charge < -0.3 is 21.7 Å². The lowest BCUT2D eigenvalue weighted by Gasteiger charge is -2.09. The monoisotopic (exact) mass is 826 g/mol. The van der Waals surface area contributed by atoms with E-state index in [9.17, 15) is 25.0 Å². The Labute approximate surface area is 346 Å². The number of nitrogens with zero attached hydrogens (tertiary/aromatic N) is 6. The number of rotatable bonds is 14. The zero-order chi connectivity index (χ0) is 41.4. The largest absolute Gasteiger partial charge is 0.368 e. The summed E-state index contributed by atoms with van der Waals surface area (Å²) in [5.41, 5.74) is 11.4. The predicted molar refractivity (Wildman–Crippen MR) is 235 cm³/mol. The van der Waals surface area contributed by atoms with Gasteiger partial charge in [-0.25, -0.2) is 19.9 Å². The minimum absolute atomic E-state index is 0.0606. The summed E-state index contributed by atoms with van der Waals surface area (Å²) in [6.45, 7) is 3.22. The minimum Gasteiger partial charge on any atom is -0.368 e. The van der Waals surface area contributed by atoms with Gasteiger partial charge in [0.1, 0.15) is 40.2 Å². The number of anilines is 2. The molecule has 0 unspecified atom stereocenters. The summed E-state index contributed by atoms with van der Waals surface area (Å²) in [7, 11) is 0. The number of hydrogen-bond acceptors (Lipinski definition) is 15. The molecule has 0 spiro atoms. The quantitative estimate of drug-likeness (QED) is 0.0350. The summed E-state index contributed by atoms with van der Waals surface area (Å²) in [5, 5.41) is 37.3. The van der Waals surface area contributed by atoms with Crippen LogP contribution in [0.2, 0.25) is 0 Å². The second kappa shape index (κ2) is 20.9. The number of hydrogen-bond donors (Lipinski definition) is 4. The van der Waals surface area contributed by atoms with Gasteiger partial charge in [-0.3, -0.25) is 25.0 Å². The molecule has 0 fully saturated rings. The highest BCUT2D eigenvalue weighted by atomic mass is 32.1. The van der Waals surface area contributed by atoms with Gasteiger partial charge in [0.2, 0.25) is 0 Å². The summed E-state index contributed by atoms with van der Waals surface area (Å²) in [4.78, 5) is 49.7. The average molecular weight is 827 g/mol. The predicted octanol–water partition coefficient (Wildman–Crippen LogP) is 8.60. The van der Waals surface area contributed by atoms with Gasteiger partial charge in [-0.05, 0) is 16.7 Å². The van der Waals surface area contributed by atoms with E-state index < -0.39 is 4.92 Å². The summed E-state index contributed by atoms with van der Waals surface area (Å²) < 4.78 is 0. The van der Waals surface area contributed by atoms with E-state index in [-0.39, 0.29) is 16.3 Å². The van der Waals surface area contributed by atoms with E-state index in [1.807, 2.05) is 42.5 Å². The van der Waals surface area contributed by atoms with Crippen molar-refractivity contribution in [1.29, 1.82) is 0 Å². The third kappa shape index (κ3) is 11.1. The Morgan fingerprint density at radius 2 is 1.15 bits per heavy atom. The first-order valence-corrected chi connectivity index (χ1v) is 20.0. The van der Waals surface area contributed by atoms with Crippen LogP contribution in [0.15, 0.2) is 133 Å². The van der Waals surface area contributed by atoms with Crippen molar-refractivity contribution in [3.05, 3.63) is 164 Å². The fourth-order valence-electron chi connectivity index (χ4n) is 5.86. The molecular weight excluding hydrogens is 789 g/mol. The number of nitro groups is 2. The van der Waals surface area contributed by atoms with E-state index in [1.54, 1.807) is 47.5 Å². The molecule has 5 N–H and O–H groups in total. The number of aromatic nitrogens is 4. The number of thiophene rings is 2. The fourth-order valence-corrected chi connectivity index (χ4v) is 7.69. The van der Waals surface area contributed by atoms with Crippen LogP contribution >= 0.6 is 22.7 Å². The average Bonchev–Trinajstić information content (AvgIpc) is 3.93. The maximum Gasteiger partial charge on any atom is 0.270 e. The first-order chi connectivity index (χ1) is 28.9. The van der Waals surface area contributed by atoms with Gasteiger partial charge in [0, 0.05) is 84.4 Å². The Morgan fingerprint density at radius 3 is 1.68 bits per heavy atom. The fraction of sp³-hybridized carbons (Fsp3) is 0.119. The minimum atomic E-state index is -0.535. The van der Waals surface area contributed by atoms with Gasteiger partial charge in [-0.15, -0.1) is 22.7 Å². The smallest absolute Gasteiger partial charge is 0.270 e. The van der Waals surface area contributed by atoms with Crippen molar-refractivity contribution in [3.63, 3.8) is 0 Å². The Balaban J connectivity index is 0.000000166. The number of nitro benzene ring substituents is 2. The van der Waals surface area contributed by atoms with Crippen LogP contribution in [-0.2, 0) is 6.54 Å². The Bertz CT molecular complexity index is 2640. The van der Waals surface area contributed by atoms with Crippen molar-refractivity contribution in [3.8, 4) is 22.3 Å². The molecule has 0 aliphatic heterocycles. The van der Waals surface area contributed by atoms with Crippen molar-refractivity contribution >= 4 is 72.4 Å². The van der Waals surface area contributed by atoms with Crippen LogP contribution in [0.3, 0.4) is 0 Å². The van der Waals surface area contributed by atoms with E-state index in [2.05, 4.69) is 70.9 Å². The molecule has 17 heteroatoms. The van der Waals surface area contributed by atoms with E-state index in [4.69, 9.17) is 5.73 Å². The van der Waals surface area contributed by atoms with Crippen molar-refractivity contribution < 1.29 is 14.6 Å². The SMILES string of the molecule is NCCNc1ncnc2scc(-c3ccccc3)c12.O=Cc1cccc([N+](=O)[O-])c1.O=[N+]([O-])c1cccc(CNCCNc2ncnc3scc(-c4ccccc4)c23)c1. The molecule has 0 saturated carbocycles. The Morgan fingerprint density at radius 1 is 0.627 bits per heavy atom. The highest BCUT2D eigenvalue weighted by Crippen LogP contribution is 2.37. The molecule has 15 nitrogen and oxygen atoms in total. The van der Waals surface area contributed by atoms with Crippen LogP contribution in [-0.4, -0.2) is 62.2 Å². The van der Waals surface area contributed by atoms with Gasteiger partial charge in [-0.1, -0.05) is 84.9 Å². The summed E-state index contributed by atoms with van der Waals surface area (Å²) >= 11 is 3.24. The van der Waals surface area contributed by atoms with Gasteiger partial charge >= 0.3 is 0 Å². The molecular formula is C42H38N10O5S2. The van der Waals surface area contributed by atoms with Gasteiger partial charge in [0.25, 0.3) is 11.4 Å². The number of aldehydes is 1. The molecule has 4 aromatic carbocycles. The van der Waals surface area contributed by atoms with E-state index >= 15 is 0 Å².